The van der Waals surface area contributed by atoms with Gasteiger partial charge in [0, 0.05) is 18.3 Å². The number of carbonyl (C=O) groups is 1. The minimum absolute atomic E-state index is 0.160. The first-order valence-corrected chi connectivity index (χ1v) is 6.44. The molecular formula is C14H12Cl2N2O. The Morgan fingerprint density at radius 3 is 2.68 bits per heavy atom. The maximum Gasteiger partial charge on any atom is 0.255 e. The standard InChI is InChI=1S/C14H12Cl2N2O/c1-18(9-11-4-2-3-7-17-11)14(19)12-6-5-10(15)8-13(12)16/h2-8H,9H2,1H3. The number of benzene rings is 1. The van der Waals surface area contributed by atoms with Gasteiger partial charge in [0.25, 0.3) is 5.91 Å². The molecule has 0 unspecified atom stereocenters. The third-order valence-corrected chi connectivity index (χ3v) is 3.18. The summed E-state index contributed by atoms with van der Waals surface area (Å²) in [5.41, 5.74) is 1.26. The maximum atomic E-state index is 12.3. The van der Waals surface area contributed by atoms with Crippen molar-refractivity contribution in [3.05, 3.63) is 63.9 Å². The average Bonchev–Trinajstić information content (AvgIpc) is 2.39. The third-order valence-electron chi connectivity index (χ3n) is 2.63. The summed E-state index contributed by atoms with van der Waals surface area (Å²) in [5, 5.41) is 0.860. The second-order valence-electron chi connectivity index (χ2n) is 4.11. The summed E-state index contributed by atoms with van der Waals surface area (Å²) in [6, 6.07) is 10.4. The second-order valence-corrected chi connectivity index (χ2v) is 4.95. The molecule has 1 aromatic heterocycles. The summed E-state index contributed by atoms with van der Waals surface area (Å²) < 4.78 is 0. The van der Waals surface area contributed by atoms with Crippen molar-refractivity contribution in [2.24, 2.45) is 0 Å². The van der Waals surface area contributed by atoms with Gasteiger partial charge in [0.2, 0.25) is 0 Å². The average molecular weight is 295 g/mol. The van der Waals surface area contributed by atoms with Crippen molar-refractivity contribution in [3.8, 4) is 0 Å². The highest BCUT2D eigenvalue weighted by Crippen LogP contribution is 2.22. The molecule has 0 radical (unpaired) electrons. The Bertz CT molecular complexity index is 587. The van der Waals surface area contributed by atoms with Crippen LogP contribution >= 0.6 is 23.2 Å². The summed E-state index contributed by atoms with van der Waals surface area (Å²) >= 11 is 11.8. The lowest BCUT2D eigenvalue weighted by Gasteiger charge is -2.17. The Kier molecular flexibility index (Phi) is 4.40. The van der Waals surface area contributed by atoms with Crippen molar-refractivity contribution in [1.29, 1.82) is 0 Å². The minimum Gasteiger partial charge on any atom is -0.336 e. The van der Waals surface area contributed by atoms with Gasteiger partial charge in [-0.05, 0) is 30.3 Å². The smallest absolute Gasteiger partial charge is 0.255 e. The highest BCUT2D eigenvalue weighted by atomic mass is 35.5. The molecule has 2 rings (SSSR count). The summed E-state index contributed by atoms with van der Waals surface area (Å²) in [6.07, 6.45) is 1.70. The number of carbonyl (C=O) groups excluding carboxylic acids is 1. The summed E-state index contributed by atoms with van der Waals surface area (Å²) in [4.78, 5) is 18.0. The number of nitrogens with zero attached hydrogens (tertiary/aromatic N) is 2. The van der Waals surface area contributed by atoms with Crippen molar-refractivity contribution < 1.29 is 4.79 Å². The van der Waals surface area contributed by atoms with Crippen LogP contribution in [0.25, 0.3) is 0 Å². The van der Waals surface area contributed by atoms with Crippen molar-refractivity contribution >= 4 is 29.1 Å². The topological polar surface area (TPSA) is 33.2 Å². The van der Waals surface area contributed by atoms with Crippen LogP contribution in [0, 0.1) is 0 Å². The van der Waals surface area contributed by atoms with E-state index in [1.54, 1.807) is 36.3 Å². The number of hydrogen-bond donors (Lipinski definition) is 0. The maximum absolute atomic E-state index is 12.3. The van der Waals surface area contributed by atoms with E-state index in [0.29, 0.717) is 22.2 Å². The molecule has 3 nitrogen and oxygen atoms in total. The van der Waals surface area contributed by atoms with Crippen LogP contribution in [0.15, 0.2) is 42.6 Å². The van der Waals surface area contributed by atoms with Gasteiger partial charge < -0.3 is 4.90 Å². The lowest BCUT2D eigenvalue weighted by atomic mass is 10.2. The van der Waals surface area contributed by atoms with E-state index in [4.69, 9.17) is 23.2 Å². The molecule has 2 aromatic rings. The van der Waals surface area contributed by atoms with Gasteiger partial charge in [-0.25, -0.2) is 0 Å². The summed E-state index contributed by atoms with van der Waals surface area (Å²) in [5.74, 6) is -0.160. The van der Waals surface area contributed by atoms with Gasteiger partial charge in [0.05, 0.1) is 22.8 Å². The molecule has 0 N–H and O–H groups in total. The first-order chi connectivity index (χ1) is 9.08. The molecule has 0 aliphatic rings. The highest BCUT2D eigenvalue weighted by molar-refractivity contribution is 6.36. The zero-order chi connectivity index (χ0) is 13.8. The molecule has 0 saturated carbocycles. The molecule has 1 amide bonds. The molecule has 5 heteroatoms. The first kappa shape index (κ1) is 13.8. The number of aromatic nitrogens is 1. The zero-order valence-corrected chi connectivity index (χ0v) is 11.8. The fourth-order valence-corrected chi connectivity index (χ4v) is 2.16. The van der Waals surface area contributed by atoms with Crippen molar-refractivity contribution in [2.75, 3.05) is 7.05 Å². The normalized spacial score (nSPS) is 10.3. The van der Waals surface area contributed by atoms with Crippen LogP contribution in [0.3, 0.4) is 0 Å². The lowest BCUT2D eigenvalue weighted by Crippen LogP contribution is -2.26. The van der Waals surface area contributed by atoms with Crippen LogP contribution in [0.2, 0.25) is 10.0 Å². The van der Waals surface area contributed by atoms with Crippen LogP contribution < -0.4 is 0 Å². The Morgan fingerprint density at radius 1 is 1.26 bits per heavy atom. The van der Waals surface area contributed by atoms with E-state index in [1.165, 1.54) is 0 Å². The molecule has 0 spiro atoms. The number of pyridine rings is 1. The fraction of sp³-hybridized carbons (Fsp3) is 0.143. The summed E-state index contributed by atoms with van der Waals surface area (Å²) in [6.45, 7) is 0.429. The fourth-order valence-electron chi connectivity index (χ4n) is 1.67. The van der Waals surface area contributed by atoms with Crippen molar-refractivity contribution in [2.45, 2.75) is 6.54 Å². The van der Waals surface area contributed by atoms with Gasteiger partial charge in [-0.15, -0.1) is 0 Å². The molecule has 98 valence electrons. The number of halogens is 2. The second kappa shape index (κ2) is 6.04. The number of rotatable bonds is 3. The predicted octanol–water partition coefficient (Wildman–Crippen LogP) is 3.66. The quantitative estimate of drug-likeness (QED) is 0.865. The van der Waals surface area contributed by atoms with Gasteiger partial charge in [0.15, 0.2) is 0 Å². The Hall–Kier alpha value is -1.58. The molecule has 0 aliphatic carbocycles. The van der Waals surface area contributed by atoms with E-state index >= 15 is 0 Å². The van der Waals surface area contributed by atoms with E-state index < -0.39 is 0 Å². The highest BCUT2D eigenvalue weighted by Gasteiger charge is 2.15. The Balaban J connectivity index is 2.15. The Labute approximate surface area is 121 Å². The zero-order valence-electron chi connectivity index (χ0n) is 10.3. The lowest BCUT2D eigenvalue weighted by molar-refractivity contribution is 0.0783. The van der Waals surface area contributed by atoms with Crippen LogP contribution in [0.5, 0.6) is 0 Å². The molecule has 19 heavy (non-hydrogen) atoms. The van der Waals surface area contributed by atoms with E-state index in [1.807, 2.05) is 18.2 Å². The molecule has 0 bridgehead atoms. The predicted molar refractivity (Wildman–Crippen MR) is 76.5 cm³/mol. The van der Waals surface area contributed by atoms with Crippen LogP contribution in [0.4, 0.5) is 0 Å². The van der Waals surface area contributed by atoms with Crippen molar-refractivity contribution in [3.63, 3.8) is 0 Å². The van der Waals surface area contributed by atoms with Gasteiger partial charge in [-0.2, -0.15) is 0 Å². The SMILES string of the molecule is CN(Cc1ccccn1)C(=O)c1ccc(Cl)cc1Cl. The molecule has 1 heterocycles. The van der Waals surface area contributed by atoms with Crippen LogP contribution in [-0.4, -0.2) is 22.8 Å². The Morgan fingerprint density at radius 2 is 2.05 bits per heavy atom. The first-order valence-electron chi connectivity index (χ1n) is 5.68. The minimum atomic E-state index is -0.160. The van der Waals surface area contributed by atoms with Gasteiger partial charge in [-0.1, -0.05) is 29.3 Å². The largest absolute Gasteiger partial charge is 0.336 e. The molecular weight excluding hydrogens is 283 g/mol. The molecule has 0 aliphatic heterocycles. The van der Waals surface area contributed by atoms with E-state index in [2.05, 4.69) is 4.98 Å². The van der Waals surface area contributed by atoms with Crippen molar-refractivity contribution in [1.82, 2.24) is 9.88 Å². The monoisotopic (exact) mass is 294 g/mol. The molecule has 0 fully saturated rings. The van der Waals surface area contributed by atoms with Crippen LogP contribution in [0.1, 0.15) is 16.1 Å². The molecule has 1 aromatic carbocycles. The number of hydrogen-bond acceptors (Lipinski definition) is 2. The van der Waals surface area contributed by atoms with Crippen LogP contribution in [-0.2, 0) is 6.54 Å². The number of amides is 1. The van der Waals surface area contributed by atoms with Gasteiger partial charge in [0.1, 0.15) is 0 Å². The van der Waals surface area contributed by atoms with Gasteiger partial charge in [-0.3, -0.25) is 9.78 Å². The summed E-state index contributed by atoms with van der Waals surface area (Å²) in [7, 11) is 1.71. The molecule has 0 saturated heterocycles. The van der Waals surface area contributed by atoms with E-state index in [0.717, 1.165) is 5.69 Å². The van der Waals surface area contributed by atoms with E-state index in [-0.39, 0.29) is 5.91 Å². The molecule has 0 atom stereocenters. The van der Waals surface area contributed by atoms with Gasteiger partial charge >= 0.3 is 0 Å². The third kappa shape index (κ3) is 3.46. The van der Waals surface area contributed by atoms with E-state index in [9.17, 15) is 4.79 Å².